The average molecular weight is 241 g/mol. The molecule has 5 heteroatoms. The molecule has 0 rings (SSSR count). The smallest absolute Gasteiger partial charge is 2.00 e. The number of hydrogen-bond acceptors (Lipinski definition) is 1. The summed E-state index contributed by atoms with van der Waals surface area (Å²) in [5, 5.41) is 0. The molecule has 8 heavy (non-hydrogen) atoms. The zero-order valence-electron chi connectivity index (χ0n) is 3.72. The van der Waals surface area contributed by atoms with Crippen LogP contribution < -0.4 is 0 Å². The van der Waals surface area contributed by atoms with Gasteiger partial charge in [-0.1, -0.05) is 0 Å². The van der Waals surface area contributed by atoms with Crippen LogP contribution in [0.4, 0.5) is 0 Å². The molecule has 0 spiro atoms. The van der Waals surface area contributed by atoms with Gasteiger partial charge in [0.1, 0.15) is 0 Å². The maximum atomic E-state index is 9.69. The Hall–Kier alpha value is 1.10. The van der Waals surface area contributed by atoms with Gasteiger partial charge >= 0.3 is 75.5 Å². The van der Waals surface area contributed by atoms with E-state index in [-0.39, 0.29) is 43.1 Å². The molecule has 0 amide bonds. The van der Waals surface area contributed by atoms with Crippen molar-refractivity contribution in [1.29, 1.82) is 0 Å². The minimum atomic E-state index is 0. The van der Waals surface area contributed by atoms with E-state index < -0.39 is 0 Å². The Bertz CT molecular complexity index is 68.3. The van der Waals surface area contributed by atoms with Crippen LogP contribution >= 0.6 is 0 Å². The van der Waals surface area contributed by atoms with Crippen molar-refractivity contribution in [2.75, 3.05) is 0 Å². The molecule has 0 aliphatic heterocycles. The van der Waals surface area contributed by atoms with Gasteiger partial charge < -0.3 is 5.48 Å². The minimum Gasteiger partial charge on any atom is -2.00 e. The molecule has 1 radical (unpaired) electrons. The predicted molar refractivity (Wildman–Crippen MR) is 15.9 cm³/mol. The summed E-state index contributed by atoms with van der Waals surface area (Å²) in [7, 11) is 0. The molecule has 0 N–H and O–H groups in total. The molecule has 0 fully saturated rings. The van der Waals surface area contributed by atoms with Crippen LogP contribution in [0.1, 0.15) is 0 Å². The zero-order valence-corrected chi connectivity index (χ0v) is 7.21. The summed E-state index contributed by atoms with van der Waals surface area (Å²) >= 11 is 1.47. The van der Waals surface area contributed by atoms with Crippen molar-refractivity contribution in [3.05, 3.63) is 12.7 Å². The van der Waals surface area contributed by atoms with Gasteiger partial charge in [-0.25, -0.2) is 0 Å². The molecular weight excluding hydrogens is 238 g/mol. The number of carbonyl (C=O) groups is 1. The first-order chi connectivity index (χ1) is 2.27. The molecule has 0 aliphatic carbocycles. The van der Waals surface area contributed by atoms with Crippen molar-refractivity contribution < 1.29 is 64.3 Å². The van der Waals surface area contributed by atoms with E-state index in [1.54, 1.807) is 0 Å². The molecular formula is C3H3CuNiO2Ti+5. The van der Waals surface area contributed by atoms with Crippen molar-refractivity contribution in [2.24, 2.45) is 0 Å². The van der Waals surface area contributed by atoms with Gasteiger partial charge in [0.2, 0.25) is 0 Å². The SMILES string of the molecule is C=C[C](=O)[Ti+3].[Cu+2].[Ni+2].[O-2]. The van der Waals surface area contributed by atoms with Crippen LogP contribution in [0.3, 0.4) is 0 Å². The third-order valence-corrected chi connectivity index (χ3v) is 0.504. The Morgan fingerprint density at radius 3 is 1.75 bits per heavy atom. The van der Waals surface area contributed by atoms with Crippen molar-refractivity contribution in [3.8, 4) is 0 Å². The number of allylic oxidation sites excluding steroid dienone is 1. The van der Waals surface area contributed by atoms with E-state index >= 15 is 0 Å². The minimum absolute atomic E-state index is 0. The summed E-state index contributed by atoms with van der Waals surface area (Å²) in [4.78, 5) is 9.69. The molecule has 0 aromatic heterocycles. The van der Waals surface area contributed by atoms with Gasteiger partial charge in [-0.05, 0) is 0 Å². The quantitative estimate of drug-likeness (QED) is 0.475. The normalized spacial score (nSPS) is 4.25. The second-order valence-electron chi connectivity index (χ2n) is 0.568. The molecule has 0 aromatic carbocycles. The number of hydrogen-bond donors (Lipinski definition) is 0. The molecule has 0 aromatic rings. The van der Waals surface area contributed by atoms with E-state index in [9.17, 15) is 4.79 Å². The summed E-state index contributed by atoms with van der Waals surface area (Å²) in [5.74, 6) is 0. The standard InChI is InChI=1S/C3H3O.Cu.Ni.O.Ti/c1-2-3-4;;;;/h2H,1H2;;;;/q;2*+2;-2;+3. The third kappa shape index (κ3) is 27.5. The first kappa shape index (κ1) is 23.0. The Morgan fingerprint density at radius 1 is 1.62 bits per heavy atom. The topological polar surface area (TPSA) is 45.6 Å². The first-order valence-electron chi connectivity index (χ1n) is 1.15. The second-order valence-corrected chi connectivity index (χ2v) is 1.34. The van der Waals surface area contributed by atoms with E-state index in [0.29, 0.717) is 0 Å². The summed E-state index contributed by atoms with van der Waals surface area (Å²) in [6.45, 7) is 3.21. The van der Waals surface area contributed by atoms with Crippen LogP contribution in [0.25, 0.3) is 0 Å². The average Bonchev–Trinajstić information content (AvgIpc) is 1.38. The Balaban J connectivity index is -0.0000000267. The van der Waals surface area contributed by atoms with E-state index in [2.05, 4.69) is 6.58 Å². The maximum absolute atomic E-state index is 9.69. The molecule has 0 atom stereocenters. The van der Waals surface area contributed by atoms with Gasteiger partial charge in [0.15, 0.2) is 0 Å². The molecule has 0 bridgehead atoms. The summed E-state index contributed by atoms with van der Waals surface area (Å²) in [6.07, 6.45) is 1.28. The second kappa shape index (κ2) is 15.7. The molecule has 2 nitrogen and oxygen atoms in total. The van der Waals surface area contributed by atoms with Crippen molar-refractivity contribution in [3.63, 3.8) is 0 Å². The van der Waals surface area contributed by atoms with E-state index in [4.69, 9.17) is 0 Å². The van der Waals surface area contributed by atoms with E-state index in [0.717, 1.165) is 0 Å². The third-order valence-electron chi connectivity index (χ3n) is 0.185. The summed E-state index contributed by atoms with van der Waals surface area (Å²) in [5.41, 5.74) is 0. The van der Waals surface area contributed by atoms with Crippen molar-refractivity contribution in [2.45, 2.75) is 0 Å². The fraction of sp³-hybridized carbons (Fsp3) is 0. The molecule has 47 valence electrons. The van der Waals surface area contributed by atoms with Crippen LogP contribution in [0, 0.1) is 0 Å². The Morgan fingerprint density at radius 2 is 1.75 bits per heavy atom. The largest absolute Gasteiger partial charge is 2.00 e. The van der Waals surface area contributed by atoms with Gasteiger partial charge in [-0.3, -0.25) is 0 Å². The van der Waals surface area contributed by atoms with E-state index in [1.807, 2.05) is 0 Å². The molecule has 0 saturated heterocycles. The van der Waals surface area contributed by atoms with Gasteiger partial charge in [-0.2, -0.15) is 0 Å². The molecule has 0 aliphatic rings. The molecule has 0 saturated carbocycles. The molecule has 0 unspecified atom stereocenters. The van der Waals surface area contributed by atoms with Crippen molar-refractivity contribution in [1.82, 2.24) is 0 Å². The predicted octanol–water partition coefficient (Wildman–Crippen LogP) is 0.122. The van der Waals surface area contributed by atoms with E-state index in [1.165, 1.54) is 26.5 Å². The monoisotopic (exact) mass is 240 g/mol. The number of carbonyl (C=O) groups excluding carboxylic acids is 1. The maximum Gasteiger partial charge on any atom is 2.00 e. The first-order valence-corrected chi connectivity index (χ1v) is 1.93. The Labute approximate surface area is 80.6 Å². The van der Waals surface area contributed by atoms with Crippen LogP contribution in [0.2, 0.25) is 0 Å². The van der Waals surface area contributed by atoms with Gasteiger partial charge in [-0.15, -0.1) is 0 Å². The van der Waals surface area contributed by atoms with Crippen LogP contribution in [-0.4, -0.2) is 4.09 Å². The fourth-order valence-corrected chi connectivity index (χ4v) is 0. The van der Waals surface area contributed by atoms with Crippen LogP contribution in [-0.2, 0) is 64.3 Å². The van der Waals surface area contributed by atoms with Gasteiger partial charge in [0.25, 0.3) is 0 Å². The fourth-order valence-electron chi connectivity index (χ4n) is 0. The van der Waals surface area contributed by atoms with Crippen LogP contribution in [0.5, 0.6) is 0 Å². The zero-order chi connectivity index (χ0) is 4.28. The number of rotatable bonds is 1. The summed E-state index contributed by atoms with van der Waals surface area (Å²) in [6, 6.07) is 0. The van der Waals surface area contributed by atoms with Gasteiger partial charge in [0, 0.05) is 0 Å². The summed E-state index contributed by atoms with van der Waals surface area (Å²) < 4.78 is 0.0185. The Kier molecular flexibility index (Phi) is 45.0. The van der Waals surface area contributed by atoms with Crippen LogP contribution in [0.15, 0.2) is 12.7 Å². The van der Waals surface area contributed by atoms with Crippen molar-refractivity contribution >= 4 is 4.09 Å². The van der Waals surface area contributed by atoms with Gasteiger partial charge in [0.05, 0.1) is 0 Å². The molecule has 0 heterocycles.